The average molecular weight is 459 g/mol. The highest BCUT2D eigenvalue weighted by Gasteiger charge is 2.14. The summed E-state index contributed by atoms with van der Waals surface area (Å²) in [5.41, 5.74) is 3.31. The molecule has 7 nitrogen and oxygen atoms in total. The van der Waals surface area contributed by atoms with E-state index in [1.807, 2.05) is 44.2 Å². The number of nitrogens with zero attached hydrogens (tertiary/aromatic N) is 2. The van der Waals surface area contributed by atoms with Crippen LogP contribution in [0.25, 0.3) is 0 Å². The van der Waals surface area contributed by atoms with Gasteiger partial charge in [0.25, 0.3) is 11.8 Å². The molecule has 7 heteroatoms. The van der Waals surface area contributed by atoms with Gasteiger partial charge in [-0.25, -0.2) is 0 Å². The van der Waals surface area contributed by atoms with E-state index in [1.54, 1.807) is 65.4 Å². The molecule has 34 heavy (non-hydrogen) atoms. The summed E-state index contributed by atoms with van der Waals surface area (Å²) in [6, 6.07) is 23.3. The van der Waals surface area contributed by atoms with E-state index < -0.39 is 0 Å². The molecule has 3 rings (SSSR count). The Morgan fingerprint density at radius 3 is 1.79 bits per heavy atom. The third-order valence-corrected chi connectivity index (χ3v) is 5.50. The van der Waals surface area contributed by atoms with Crippen LogP contribution in [0.15, 0.2) is 78.9 Å². The van der Waals surface area contributed by atoms with Crippen LogP contribution in [0.5, 0.6) is 0 Å². The summed E-state index contributed by atoms with van der Waals surface area (Å²) in [6.45, 7) is 5.25. The van der Waals surface area contributed by atoms with Crippen LogP contribution in [-0.4, -0.2) is 49.3 Å². The number of hydrogen-bond donors (Lipinski definition) is 2. The topological polar surface area (TPSA) is 81.8 Å². The van der Waals surface area contributed by atoms with Crippen LogP contribution in [0.4, 0.5) is 17.1 Å². The molecule has 0 radical (unpaired) electrons. The molecule has 0 fully saturated rings. The first-order valence-corrected chi connectivity index (χ1v) is 11.3. The van der Waals surface area contributed by atoms with E-state index in [0.29, 0.717) is 29.9 Å². The van der Waals surface area contributed by atoms with Crippen molar-refractivity contribution >= 4 is 34.8 Å². The molecule has 3 amide bonds. The summed E-state index contributed by atoms with van der Waals surface area (Å²) in [7, 11) is 1.74. The first-order chi connectivity index (χ1) is 16.4. The molecule has 176 valence electrons. The minimum absolute atomic E-state index is 0.0265. The summed E-state index contributed by atoms with van der Waals surface area (Å²) >= 11 is 0. The summed E-state index contributed by atoms with van der Waals surface area (Å²) in [4.78, 5) is 40.7. The fourth-order valence-electron chi connectivity index (χ4n) is 3.47. The Kier molecular flexibility index (Phi) is 8.40. The average Bonchev–Trinajstić information content (AvgIpc) is 2.88. The standard InChI is InChI=1S/C27H30N4O3/c1-4-31(5-2)27(34)21-13-17-23(18-14-21)29-25(32)19-28-22-15-11-20(12-16-22)26(33)30(3)24-9-7-6-8-10-24/h6-18,28H,4-5,19H2,1-3H3,(H,29,32). The van der Waals surface area contributed by atoms with Crippen LogP contribution in [-0.2, 0) is 4.79 Å². The van der Waals surface area contributed by atoms with Crippen molar-refractivity contribution in [3.05, 3.63) is 90.0 Å². The van der Waals surface area contributed by atoms with Crippen LogP contribution in [0.3, 0.4) is 0 Å². The molecule has 0 saturated carbocycles. The van der Waals surface area contributed by atoms with Gasteiger partial charge < -0.3 is 20.4 Å². The van der Waals surface area contributed by atoms with Gasteiger partial charge in [-0.05, 0) is 74.5 Å². The highest BCUT2D eigenvalue weighted by atomic mass is 16.2. The van der Waals surface area contributed by atoms with E-state index in [4.69, 9.17) is 0 Å². The molecule has 0 aliphatic heterocycles. The van der Waals surface area contributed by atoms with Crippen molar-refractivity contribution in [3.63, 3.8) is 0 Å². The predicted molar refractivity (Wildman–Crippen MR) is 136 cm³/mol. The van der Waals surface area contributed by atoms with Crippen LogP contribution in [0.1, 0.15) is 34.6 Å². The van der Waals surface area contributed by atoms with Gasteiger partial charge in [-0.2, -0.15) is 0 Å². The van der Waals surface area contributed by atoms with Crippen molar-refractivity contribution < 1.29 is 14.4 Å². The molecule has 0 bridgehead atoms. The zero-order valence-corrected chi connectivity index (χ0v) is 19.7. The molecule has 0 saturated heterocycles. The predicted octanol–water partition coefficient (Wildman–Crippen LogP) is 4.50. The zero-order valence-electron chi connectivity index (χ0n) is 19.7. The lowest BCUT2D eigenvalue weighted by Gasteiger charge is -2.18. The van der Waals surface area contributed by atoms with E-state index in [9.17, 15) is 14.4 Å². The minimum Gasteiger partial charge on any atom is -0.376 e. The highest BCUT2D eigenvalue weighted by Crippen LogP contribution is 2.17. The van der Waals surface area contributed by atoms with Crippen molar-refractivity contribution in [2.75, 3.05) is 42.2 Å². The number of carbonyl (C=O) groups excluding carboxylic acids is 3. The van der Waals surface area contributed by atoms with Gasteiger partial charge in [-0.1, -0.05) is 18.2 Å². The maximum Gasteiger partial charge on any atom is 0.258 e. The number of para-hydroxylation sites is 1. The Labute approximate surface area is 200 Å². The number of hydrogen-bond acceptors (Lipinski definition) is 4. The third kappa shape index (κ3) is 6.22. The molecule has 0 spiro atoms. The lowest BCUT2D eigenvalue weighted by atomic mass is 10.1. The fourth-order valence-corrected chi connectivity index (χ4v) is 3.47. The summed E-state index contributed by atoms with van der Waals surface area (Å²) in [6.07, 6.45) is 0. The lowest BCUT2D eigenvalue weighted by Crippen LogP contribution is -2.30. The van der Waals surface area contributed by atoms with Gasteiger partial charge in [0.2, 0.25) is 5.91 Å². The monoisotopic (exact) mass is 458 g/mol. The van der Waals surface area contributed by atoms with Gasteiger partial charge in [0, 0.05) is 48.3 Å². The number of anilines is 3. The Balaban J connectivity index is 1.51. The summed E-state index contributed by atoms with van der Waals surface area (Å²) in [5, 5.41) is 5.86. The van der Waals surface area contributed by atoms with Crippen LogP contribution in [0.2, 0.25) is 0 Å². The quantitative estimate of drug-likeness (QED) is 0.495. The number of carbonyl (C=O) groups is 3. The van der Waals surface area contributed by atoms with Crippen LogP contribution < -0.4 is 15.5 Å². The van der Waals surface area contributed by atoms with Crippen LogP contribution in [0, 0.1) is 0 Å². The SMILES string of the molecule is CCN(CC)C(=O)c1ccc(NC(=O)CNc2ccc(C(=O)N(C)c3ccccc3)cc2)cc1. The Morgan fingerprint density at radius 2 is 1.24 bits per heavy atom. The van der Waals surface area contributed by atoms with Crippen molar-refractivity contribution in [2.45, 2.75) is 13.8 Å². The zero-order chi connectivity index (χ0) is 24.5. The largest absolute Gasteiger partial charge is 0.376 e. The van der Waals surface area contributed by atoms with Gasteiger partial charge in [-0.15, -0.1) is 0 Å². The van der Waals surface area contributed by atoms with Gasteiger partial charge in [0.15, 0.2) is 0 Å². The first kappa shape index (κ1) is 24.5. The molecule has 2 N–H and O–H groups in total. The second-order valence-corrected chi connectivity index (χ2v) is 7.73. The molecule has 3 aromatic rings. The summed E-state index contributed by atoms with van der Waals surface area (Å²) < 4.78 is 0. The van der Waals surface area contributed by atoms with Gasteiger partial charge in [0.05, 0.1) is 6.54 Å². The minimum atomic E-state index is -0.216. The normalized spacial score (nSPS) is 10.3. The Morgan fingerprint density at radius 1 is 0.706 bits per heavy atom. The van der Waals surface area contributed by atoms with Crippen molar-refractivity contribution in [3.8, 4) is 0 Å². The van der Waals surface area contributed by atoms with E-state index in [1.165, 1.54) is 0 Å². The number of benzene rings is 3. The van der Waals surface area contributed by atoms with E-state index in [-0.39, 0.29) is 24.3 Å². The molecule has 0 aliphatic rings. The molecule has 3 aromatic carbocycles. The van der Waals surface area contributed by atoms with Crippen molar-refractivity contribution in [1.82, 2.24) is 4.90 Å². The number of nitrogens with one attached hydrogen (secondary N) is 2. The van der Waals surface area contributed by atoms with Gasteiger partial charge in [0.1, 0.15) is 0 Å². The van der Waals surface area contributed by atoms with E-state index in [0.717, 1.165) is 11.4 Å². The smallest absolute Gasteiger partial charge is 0.258 e. The Bertz CT molecular complexity index is 1110. The van der Waals surface area contributed by atoms with E-state index >= 15 is 0 Å². The van der Waals surface area contributed by atoms with Crippen molar-refractivity contribution in [2.24, 2.45) is 0 Å². The van der Waals surface area contributed by atoms with Crippen molar-refractivity contribution in [1.29, 1.82) is 0 Å². The lowest BCUT2D eigenvalue weighted by molar-refractivity contribution is -0.114. The number of amides is 3. The van der Waals surface area contributed by atoms with Gasteiger partial charge >= 0.3 is 0 Å². The highest BCUT2D eigenvalue weighted by molar-refractivity contribution is 6.06. The molecule has 0 aliphatic carbocycles. The molecule has 0 heterocycles. The first-order valence-electron chi connectivity index (χ1n) is 11.3. The molecular formula is C27H30N4O3. The fraction of sp³-hybridized carbons (Fsp3) is 0.222. The summed E-state index contributed by atoms with van der Waals surface area (Å²) in [5.74, 6) is -0.355. The second-order valence-electron chi connectivity index (χ2n) is 7.73. The molecule has 0 aromatic heterocycles. The number of rotatable bonds is 9. The van der Waals surface area contributed by atoms with E-state index in [2.05, 4.69) is 10.6 Å². The Hall–Kier alpha value is -4.13. The third-order valence-electron chi connectivity index (χ3n) is 5.50. The maximum absolute atomic E-state index is 12.7. The van der Waals surface area contributed by atoms with Crippen LogP contribution >= 0.6 is 0 Å². The molecule has 0 atom stereocenters. The maximum atomic E-state index is 12.7. The molecule has 0 unspecified atom stereocenters. The van der Waals surface area contributed by atoms with Gasteiger partial charge in [-0.3, -0.25) is 14.4 Å². The second kappa shape index (κ2) is 11.7. The molecular weight excluding hydrogens is 428 g/mol.